The zero-order valence-electron chi connectivity index (χ0n) is 9.08. The third kappa shape index (κ3) is 4.31. The smallest absolute Gasteiger partial charge is 0.226 e. The third-order valence-corrected chi connectivity index (χ3v) is 2.07. The summed E-state index contributed by atoms with van der Waals surface area (Å²) in [6.07, 6.45) is 10.2. The molecule has 1 aliphatic rings. The van der Waals surface area contributed by atoms with Crippen LogP contribution in [0.4, 0.5) is 0 Å². The van der Waals surface area contributed by atoms with E-state index in [1.54, 1.807) is 34.4 Å². The molecule has 1 aromatic rings. The van der Waals surface area contributed by atoms with Gasteiger partial charge in [0.25, 0.3) is 0 Å². The highest BCUT2D eigenvalue weighted by Crippen LogP contribution is 2.08. The SMILES string of the molecule is C=CN1CCCC1=O.C=Cn1ccnc1.Cl. The Kier molecular flexibility index (Phi) is 6.96. The van der Waals surface area contributed by atoms with E-state index in [4.69, 9.17) is 0 Å². The highest BCUT2D eigenvalue weighted by molar-refractivity contribution is 5.85. The molecular weight excluding hydrogens is 226 g/mol. The Labute approximate surface area is 102 Å². The zero-order valence-corrected chi connectivity index (χ0v) is 9.90. The molecule has 88 valence electrons. The first kappa shape index (κ1) is 14.5. The van der Waals surface area contributed by atoms with Gasteiger partial charge in [-0.2, -0.15) is 0 Å². The fraction of sp³-hybridized carbons (Fsp3) is 0.273. The molecule has 0 aliphatic carbocycles. The summed E-state index contributed by atoms with van der Waals surface area (Å²) in [6.45, 7) is 7.89. The molecule has 1 fully saturated rings. The molecule has 0 radical (unpaired) electrons. The summed E-state index contributed by atoms with van der Waals surface area (Å²) < 4.78 is 1.78. The first-order valence-corrected chi connectivity index (χ1v) is 4.80. The first-order valence-electron chi connectivity index (χ1n) is 4.80. The molecule has 16 heavy (non-hydrogen) atoms. The maximum Gasteiger partial charge on any atom is 0.226 e. The lowest BCUT2D eigenvalue weighted by Gasteiger charge is -2.05. The van der Waals surface area contributed by atoms with Crippen LogP contribution >= 0.6 is 12.4 Å². The van der Waals surface area contributed by atoms with Crippen LogP contribution in [0.3, 0.4) is 0 Å². The second-order valence-corrected chi connectivity index (χ2v) is 3.07. The van der Waals surface area contributed by atoms with Gasteiger partial charge in [0, 0.05) is 31.6 Å². The van der Waals surface area contributed by atoms with Crippen LogP contribution in [0.5, 0.6) is 0 Å². The van der Waals surface area contributed by atoms with Gasteiger partial charge >= 0.3 is 0 Å². The second kappa shape index (κ2) is 7.70. The van der Waals surface area contributed by atoms with E-state index in [0.29, 0.717) is 6.42 Å². The van der Waals surface area contributed by atoms with Gasteiger partial charge in [-0.15, -0.1) is 12.4 Å². The molecule has 1 amide bonds. The van der Waals surface area contributed by atoms with E-state index >= 15 is 0 Å². The normalized spacial score (nSPS) is 13.5. The summed E-state index contributed by atoms with van der Waals surface area (Å²) in [6, 6.07) is 0. The molecule has 0 unspecified atom stereocenters. The summed E-state index contributed by atoms with van der Waals surface area (Å²) in [5, 5.41) is 0. The van der Waals surface area contributed by atoms with Gasteiger partial charge in [-0.05, 0) is 12.6 Å². The molecule has 1 saturated heterocycles. The number of imidazole rings is 1. The van der Waals surface area contributed by atoms with Crippen molar-refractivity contribution < 1.29 is 4.79 Å². The number of amides is 1. The molecule has 0 saturated carbocycles. The Morgan fingerprint density at radius 2 is 2.12 bits per heavy atom. The van der Waals surface area contributed by atoms with Gasteiger partial charge in [0.2, 0.25) is 5.91 Å². The highest BCUT2D eigenvalue weighted by atomic mass is 35.5. The largest absolute Gasteiger partial charge is 0.320 e. The van der Waals surface area contributed by atoms with Crippen LogP contribution in [-0.4, -0.2) is 26.9 Å². The fourth-order valence-corrected chi connectivity index (χ4v) is 1.24. The molecule has 1 aromatic heterocycles. The standard InChI is InChI=1S/C6H9NO.C5H6N2.ClH/c1-2-7-5-3-4-6(7)8;1-2-7-4-3-6-5-7;/h2H,1,3-5H2;2-5H,1H2;1H. The van der Waals surface area contributed by atoms with E-state index in [0.717, 1.165) is 13.0 Å². The quantitative estimate of drug-likeness (QED) is 0.796. The Hall–Kier alpha value is -1.55. The van der Waals surface area contributed by atoms with Crippen molar-refractivity contribution in [2.24, 2.45) is 0 Å². The fourth-order valence-electron chi connectivity index (χ4n) is 1.24. The molecule has 2 heterocycles. The Bertz CT molecular complexity index is 335. The van der Waals surface area contributed by atoms with Crippen molar-refractivity contribution in [3.05, 3.63) is 38.1 Å². The number of likely N-dealkylation sites (tertiary alicyclic amines) is 1. The topological polar surface area (TPSA) is 38.1 Å². The van der Waals surface area contributed by atoms with Crippen LogP contribution in [0, 0.1) is 0 Å². The maximum atomic E-state index is 10.7. The van der Waals surface area contributed by atoms with E-state index in [1.807, 2.05) is 6.20 Å². The monoisotopic (exact) mass is 241 g/mol. The summed E-state index contributed by atoms with van der Waals surface area (Å²) in [4.78, 5) is 16.1. The van der Waals surface area contributed by atoms with Crippen molar-refractivity contribution in [1.82, 2.24) is 14.5 Å². The molecule has 4 nitrogen and oxygen atoms in total. The Balaban J connectivity index is 0.000000267. The lowest BCUT2D eigenvalue weighted by Crippen LogP contribution is -2.16. The maximum absolute atomic E-state index is 10.7. The van der Waals surface area contributed by atoms with E-state index in [9.17, 15) is 4.79 Å². The van der Waals surface area contributed by atoms with Crippen LogP contribution in [0.1, 0.15) is 12.8 Å². The third-order valence-electron chi connectivity index (χ3n) is 2.07. The molecule has 0 aromatic carbocycles. The molecule has 2 rings (SSSR count). The van der Waals surface area contributed by atoms with Gasteiger partial charge in [0.05, 0.1) is 6.33 Å². The van der Waals surface area contributed by atoms with Gasteiger partial charge in [0.1, 0.15) is 0 Å². The Morgan fingerprint density at radius 1 is 1.38 bits per heavy atom. The van der Waals surface area contributed by atoms with Crippen molar-refractivity contribution in [1.29, 1.82) is 0 Å². The lowest BCUT2D eigenvalue weighted by atomic mass is 10.4. The number of rotatable bonds is 2. The van der Waals surface area contributed by atoms with E-state index in [1.165, 1.54) is 0 Å². The van der Waals surface area contributed by atoms with Crippen molar-refractivity contribution in [3.63, 3.8) is 0 Å². The number of nitrogens with zero attached hydrogens (tertiary/aromatic N) is 3. The van der Waals surface area contributed by atoms with E-state index in [-0.39, 0.29) is 18.3 Å². The molecule has 0 bridgehead atoms. The lowest BCUT2D eigenvalue weighted by molar-refractivity contribution is -0.125. The minimum Gasteiger partial charge on any atom is -0.320 e. The van der Waals surface area contributed by atoms with Crippen LogP contribution < -0.4 is 0 Å². The summed E-state index contributed by atoms with van der Waals surface area (Å²) in [5.41, 5.74) is 0. The van der Waals surface area contributed by atoms with E-state index < -0.39 is 0 Å². The molecule has 1 aliphatic heterocycles. The predicted octanol–water partition coefficient (Wildman–Crippen LogP) is 2.16. The van der Waals surface area contributed by atoms with Crippen molar-refractivity contribution in [2.75, 3.05) is 6.54 Å². The summed E-state index contributed by atoms with van der Waals surface area (Å²) in [7, 11) is 0. The van der Waals surface area contributed by atoms with Gasteiger partial charge in [0.15, 0.2) is 0 Å². The number of hydrogen-bond donors (Lipinski definition) is 0. The van der Waals surface area contributed by atoms with Crippen molar-refractivity contribution in [2.45, 2.75) is 12.8 Å². The minimum absolute atomic E-state index is 0. The first-order chi connectivity index (χ1) is 7.27. The van der Waals surface area contributed by atoms with Crippen LogP contribution in [0.25, 0.3) is 6.20 Å². The molecule has 5 heteroatoms. The number of carbonyl (C=O) groups is 1. The number of halogens is 1. The van der Waals surface area contributed by atoms with Gasteiger partial charge < -0.3 is 9.47 Å². The van der Waals surface area contributed by atoms with Crippen molar-refractivity contribution >= 4 is 24.5 Å². The van der Waals surface area contributed by atoms with Gasteiger partial charge in [-0.3, -0.25) is 4.79 Å². The Morgan fingerprint density at radius 3 is 2.38 bits per heavy atom. The molecule has 0 atom stereocenters. The van der Waals surface area contributed by atoms with Gasteiger partial charge in [-0.1, -0.05) is 13.2 Å². The highest BCUT2D eigenvalue weighted by Gasteiger charge is 2.15. The predicted molar refractivity (Wildman–Crippen MR) is 67.0 cm³/mol. The molecular formula is C11H16ClN3O. The van der Waals surface area contributed by atoms with Crippen molar-refractivity contribution in [3.8, 4) is 0 Å². The van der Waals surface area contributed by atoms with E-state index in [2.05, 4.69) is 18.1 Å². The molecule has 0 N–H and O–H groups in total. The van der Waals surface area contributed by atoms with Crippen LogP contribution in [-0.2, 0) is 4.79 Å². The average molecular weight is 242 g/mol. The number of carbonyl (C=O) groups excluding carboxylic acids is 1. The second-order valence-electron chi connectivity index (χ2n) is 3.07. The average Bonchev–Trinajstić information content (AvgIpc) is 2.88. The summed E-state index contributed by atoms with van der Waals surface area (Å²) >= 11 is 0. The number of hydrogen-bond acceptors (Lipinski definition) is 2. The van der Waals surface area contributed by atoms with Crippen LogP contribution in [0.15, 0.2) is 38.1 Å². The number of aromatic nitrogens is 2. The molecule has 0 spiro atoms. The minimum atomic E-state index is 0. The summed E-state index contributed by atoms with van der Waals surface area (Å²) in [5.74, 6) is 0.208. The van der Waals surface area contributed by atoms with Gasteiger partial charge in [-0.25, -0.2) is 4.98 Å². The van der Waals surface area contributed by atoms with Crippen LogP contribution in [0.2, 0.25) is 0 Å². The zero-order chi connectivity index (χ0) is 11.1.